The summed E-state index contributed by atoms with van der Waals surface area (Å²) >= 11 is 0. The molecule has 0 saturated carbocycles. The molecule has 0 saturated heterocycles. The van der Waals surface area contributed by atoms with Crippen molar-refractivity contribution in [2.75, 3.05) is 0 Å². The standard InChI is InChI=1S/C15H15N3O2/c1-9-8-12(11-6-4-3-5-7-11)17-18(9)13-14(19)10(2)16-15(13)20/h3-8,10,19H,1-2H3,(H,16,20). The molecule has 0 bridgehead atoms. The number of carbonyl (C=O) groups is 1. The molecule has 1 aliphatic rings. The van der Waals surface area contributed by atoms with Crippen molar-refractivity contribution >= 4 is 11.6 Å². The van der Waals surface area contributed by atoms with Crippen molar-refractivity contribution in [1.82, 2.24) is 15.1 Å². The molecule has 1 amide bonds. The highest BCUT2D eigenvalue weighted by atomic mass is 16.3. The summed E-state index contributed by atoms with van der Waals surface area (Å²) < 4.78 is 1.50. The summed E-state index contributed by atoms with van der Waals surface area (Å²) in [5, 5.41) is 17.1. The average Bonchev–Trinajstić information content (AvgIpc) is 2.92. The van der Waals surface area contributed by atoms with Crippen molar-refractivity contribution in [1.29, 1.82) is 0 Å². The maximum absolute atomic E-state index is 11.9. The molecular weight excluding hydrogens is 254 g/mol. The number of aryl methyl sites for hydroxylation is 1. The lowest BCUT2D eigenvalue weighted by atomic mass is 10.1. The van der Waals surface area contributed by atoms with Crippen LogP contribution < -0.4 is 5.32 Å². The SMILES string of the molecule is Cc1cc(-c2ccccc2)nn1C1=C(O)C(C)NC1=O. The van der Waals surface area contributed by atoms with Gasteiger partial charge in [-0.2, -0.15) is 5.10 Å². The summed E-state index contributed by atoms with van der Waals surface area (Å²) in [5.41, 5.74) is 2.75. The Hall–Kier alpha value is -2.56. The smallest absolute Gasteiger partial charge is 0.274 e. The summed E-state index contributed by atoms with van der Waals surface area (Å²) in [6.45, 7) is 3.59. The molecule has 1 atom stereocenters. The molecule has 0 spiro atoms. The van der Waals surface area contributed by atoms with Gasteiger partial charge in [0.1, 0.15) is 5.76 Å². The molecule has 20 heavy (non-hydrogen) atoms. The lowest BCUT2D eigenvalue weighted by Gasteiger charge is -2.03. The Labute approximate surface area is 116 Å². The Bertz CT molecular complexity index is 701. The van der Waals surface area contributed by atoms with E-state index in [1.165, 1.54) is 4.68 Å². The second-order valence-electron chi connectivity index (χ2n) is 4.88. The normalized spacial score (nSPS) is 18.5. The molecule has 2 heterocycles. The van der Waals surface area contributed by atoms with Gasteiger partial charge in [0.25, 0.3) is 5.91 Å². The third kappa shape index (κ3) is 1.87. The van der Waals surface area contributed by atoms with Crippen molar-refractivity contribution < 1.29 is 9.90 Å². The van der Waals surface area contributed by atoms with E-state index in [-0.39, 0.29) is 23.4 Å². The van der Waals surface area contributed by atoms with Crippen LogP contribution in [0.5, 0.6) is 0 Å². The lowest BCUT2D eigenvalue weighted by molar-refractivity contribution is -0.115. The van der Waals surface area contributed by atoms with Gasteiger partial charge < -0.3 is 10.4 Å². The maximum atomic E-state index is 11.9. The van der Waals surface area contributed by atoms with Crippen LogP contribution in [0.15, 0.2) is 42.2 Å². The molecule has 0 radical (unpaired) electrons. The van der Waals surface area contributed by atoms with Crippen LogP contribution in [-0.2, 0) is 4.79 Å². The number of benzene rings is 1. The van der Waals surface area contributed by atoms with Crippen LogP contribution in [0, 0.1) is 6.92 Å². The van der Waals surface area contributed by atoms with Crippen molar-refractivity contribution in [2.24, 2.45) is 0 Å². The van der Waals surface area contributed by atoms with Crippen LogP contribution in [0.1, 0.15) is 12.6 Å². The van der Waals surface area contributed by atoms with Gasteiger partial charge in [-0.05, 0) is 19.9 Å². The minimum Gasteiger partial charge on any atom is -0.508 e. The first-order valence-corrected chi connectivity index (χ1v) is 6.44. The molecule has 0 aliphatic carbocycles. The Morgan fingerprint density at radius 3 is 2.60 bits per heavy atom. The average molecular weight is 269 g/mol. The molecule has 0 fully saturated rings. The van der Waals surface area contributed by atoms with Gasteiger partial charge in [0.2, 0.25) is 0 Å². The number of aliphatic hydroxyl groups excluding tert-OH is 1. The van der Waals surface area contributed by atoms with E-state index >= 15 is 0 Å². The minimum atomic E-state index is -0.374. The van der Waals surface area contributed by atoms with Gasteiger partial charge in [0.05, 0.1) is 11.7 Å². The molecule has 2 aromatic rings. The van der Waals surface area contributed by atoms with E-state index in [2.05, 4.69) is 10.4 Å². The number of hydrogen-bond donors (Lipinski definition) is 2. The maximum Gasteiger partial charge on any atom is 0.274 e. The predicted octanol–water partition coefficient (Wildman–Crippen LogP) is 2.10. The highest BCUT2D eigenvalue weighted by molar-refractivity contribution is 6.16. The van der Waals surface area contributed by atoms with Crippen LogP contribution in [0.2, 0.25) is 0 Å². The fourth-order valence-electron chi connectivity index (χ4n) is 2.31. The van der Waals surface area contributed by atoms with Crippen molar-refractivity contribution in [3.8, 4) is 11.3 Å². The van der Waals surface area contributed by atoms with E-state index in [1.54, 1.807) is 6.92 Å². The zero-order valence-electron chi connectivity index (χ0n) is 11.3. The fraction of sp³-hybridized carbons (Fsp3) is 0.200. The second kappa shape index (κ2) is 4.52. The van der Waals surface area contributed by atoms with E-state index in [9.17, 15) is 9.90 Å². The number of rotatable bonds is 2. The molecule has 5 nitrogen and oxygen atoms in total. The largest absolute Gasteiger partial charge is 0.508 e. The Morgan fingerprint density at radius 1 is 1.30 bits per heavy atom. The Morgan fingerprint density at radius 2 is 2.00 bits per heavy atom. The van der Waals surface area contributed by atoms with Crippen molar-refractivity contribution in [3.05, 3.63) is 47.9 Å². The molecule has 1 aromatic heterocycles. The molecule has 1 aromatic carbocycles. The van der Waals surface area contributed by atoms with Gasteiger partial charge in [-0.25, -0.2) is 4.68 Å². The molecule has 5 heteroatoms. The Kier molecular flexibility index (Phi) is 2.82. The van der Waals surface area contributed by atoms with Gasteiger partial charge in [0, 0.05) is 11.3 Å². The topological polar surface area (TPSA) is 67.2 Å². The number of aliphatic hydroxyl groups is 1. The first kappa shape index (κ1) is 12.5. The number of amides is 1. The Balaban J connectivity index is 2.09. The lowest BCUT2D eigenvalue weighted by Crippen LogP contribution is -2.26. The van der Waals surface area contributed by atoms with Crippen LogP contribution in [0.4, 0.5) is 0 Å². The number of aromatic nitrogens is 2. The number of hydrogen-bond acceptors (Lipinski definition) is 3. The van der Waals surface area contributed by atoms with Crippen LogP contribution in [0.25, 0.3) is 17.0 Å². The van der Waals surface area contributed by atoms with Gasteiger partial charge in [-0.1, -0.05) is 30.3 Å². The summed E-state index contributed by atoms with van der Waals surface area (Å²) in [6.07, 6.45) is 0. The minimum absolute atomic E-state index is 0.0285. The predicted molar refractivity (Wildman–Crippen MR) is 75.8 cm³/mol. The zero-order valence-corrected chi connectivity index (χ0v) is 11.3. The number of nitrogens with zero attached hydrogens (tertiary/aromatic N) is 2. The summed E-state index contributed by atoms with van der Waals surface area (Å²) in [7, 11) is 0. The zero-order chi connectivity index (χ0) is 14.3. The van der Waals surface area contributed by atoms with Crippen LogP contribution in [0.3, 0.4) is 0 Å². The summed E-state index contributed by atoms with van der Waals surface area (Å²) in [6, 6.07) is 11.2. The van der Waals surface area contributed by atoms with E-state index in [1.807, 2.05) is 43.3 Å². The molecular formula is C15H15N3O2. The van der Waals surface area contributed by atoms with E-state index in [0.29, 0.717) is 0 Å². The summed E-state index contributed by atoms with van der Waals surface area (Å²) in [5.74, 6) is -0.276. The van der Waals surface area contributed by atoms with Crippen molar-refractivity contribution in [3.63, 3.8) is 0 Å². The van der Waals surface area contributed by atoms with Gasteiger partial charge in [-0.15, -0.1) is 0 Å². The molecule has 2 N–H and O–H groups in total. The highest BCUT2D eigenvalue weighted by Gasteiger charge is 2.31. The highest BCUT2D eigenvalue weighted by Crippen LogP contribution is 2.24. The quantitative estimate of drug-likeness (QED) is 0.877. The fourth-order valence-corrected chi connectivity index (χ4v) is 2.31. The van der Waals surface area contributed by atoms with Gasteiger partial charge in [0.15, 0.2) is 5.70 Å². The van der Waals surface area contributed by atoms with Gasteiger partial charge >= 0.3 is 0 Å². The summed E-state index contributed by atoms with van der Waals surface area (Å²) in [4.78, 5) is 11.9. The van der Waals surface area contributed by atoms with E-state index < -0.39 is 0 Å². The first-order chi connectivity index (χ1) is 9.58. The van der Waals surface area contributed by atoms with Crippen LogP contribution in [-0.4, -0.2) is 26.8 Å². The van der Waals surface area contributed by atoms with Crippen molar-refractivity contribution in [2.45, 2.75) is 19.9 Å². The third-order valence-electron chi connectivity index (χ3n) is 3.38. The second-order valence-corrected chi connectivity index (χ2v) is 4.88. The molecule has 102 valence electrons. The number of carbonyl (C=O) groups excluding carboxylic acids is 1. The van der Waals surface area contributed by atoms with Crippen LogP contribution >= 0.6 is 0 Å². The molecule has 1 aliphatic heterocycles. The third-order valence-corrected chi connectivity index (χ3v) is 3.38. The monoisotopic (exact) mass is 269 g/mol. The van der Waals surface area contributed by atoms with E-state index in [4.69, 9.17) is 0 Å². The van der Waals surface area contributed by atoms with Gasteiger partial charge in [-0.3, -0.25) is 4.79 Å². The van der Waals surface area contributed by atoms with E-state index in [0.717, 1.165) is 17.0 Å². The first-order valence-electron chi connectivity index (χ1n) is 6.44. The molecule has 1 unspecified atom stereocenters. The molecule has 3 rings (SSSR count). The number of nitrogens with one attached hydrogen (secondary N) is 1.